The molecule has 2 fully saturated rings. The minimum Gasteiger partial charge on any atom is -0.383 e. The highest BCUT2D eigenvalue weighted by atomic mass is 19.4. The van der Waals surface area contributed by atoms with Crippen molar-refractivity contribution in [3.63, 3.8) is 0 Å². The molecule has 2 aliphatic rings. The van der Waals surface area contributed by atoms with E-state index < -0.39 is 23.6 Å². The molecule has 0 radical (unpaired) electrons. The Hall–Kier alpha value is -1.56. The van der Waals surface area contributed by atoms with Gasteiger partial charge in [-0.3, -0.25) is 4.79 Å². The van der Waals surface area contributed by atoms with Crippen LogP contribution in [0.4, 0.5) is 18.9 Å². The number of anilines is 1. The topological polar surface area (TPSA) is 40.5 Å². The molecule has 27 heavy (non-hydrogen) atoms. The lowest BCUT2D eigenvalue weighted by molar-refractivity contribution is -0.223. The maximum absolute atomic E-state index is 13.1. The van der Waals surface area contributed by atoms with Crippen LogP contribution in [0.5, 0.6) is 0 Å². The van der Waals surface area contributed by atoms with Gasteiger partial charge in [0.2, 0.25) is 5.91 Å². The first-order valence-electron chi connectivity index (χ1n) is 9.61. The van der Waals surface area contributed by atoms with E-state index in [0.29, 0.717) is 25.8 Å². The highest BCUT2D eigenvalue weighted by Crippen LogP contribution is 2.49. The summed E-state index contributed by atoms with van der Waals surface area (Å²) in [6, 6.07) is 7.97. The molecule has 1 saturated carbocycles. The van der Waals surface area contributed by atoms with E-state index in [1.165, 1.54) is 5.56 Å². The second kappa shape index (κ2) is 6.80. The fourth-order valence-electron chi connectivity index (χ4n) is 4.45. The van der Waals surface area contributed by atoms with Crippen LogP contribution in [0.2, 0.25) is 0 Å². The Labute approximate surface area is 158 Å². The zero-order chi connectivity index (χ0) is 20.0. The van der Waals surface area contributed by atoms with Crippen molar-refractivity contribution in [2.75, 3.05) is 11.4 Å². The molecule has 0 unspecified atom stereocenters. The summed E-state index contributed by atoms with van der Waals surface area (Å²) in [6.07, 6.45) is -4.89. The number of amides is 1. The summed E-state index contributed by atoms with van der Waals surface area (Å²) in [5.74, 6) is -0.783. The Morgan fingerprint density at radius 1 is 1.07 bits per heavy atom. The number of carbonyl (C=O) groups is 1. The Balaban J connectivity index is 1.69. The summed E-state index contributed by atoms with van der Waals surface area (Å²) in [6.45, 7) is 6.99. The summed E-state index contributed by atoms with van der Waals surface area (Å²) >= 11 is 0. The molecule has 150 valence electrons. The van der Waals surface area contributed by atoms with Crippen LogP contribution < -0.4 is 4.90 Å². The number of halogens is 3. The second-order valence-electron chi connectivity index (χ2n) is 9.11. The molecule has 1 spiro atoms. The Morgan fingerprint density at radius 3 is 2.11 bits per heavy atom. The summed E-state index contributed by atoms with van der Waals surface area (Å²) < 4.78 is 38.3. The molecule has 0 aromatic heterocycles. The van der Waals surface area contributed by atoms with Crippen LogP contribution in [-0.2, 0) is 10.2 Å². The first-order valence-corrected chi connectivity index (χ1v) is 9.61. The minimum atomic E-state index is -4.59. The van der Waals surface area contributed by atoms with Gasteiger partial charge in [-0.1, -0.05) is 32.9 Å². The van der Waals surface area contributed by atoms with E-state index in [9.17, 15) is 23.1 Å². The minimum absolute atomic E-state index is 0.0194. The standard InChI is InChI=1S/C21H28F3NO2/c1-19(2,3)15-4-6-16(7-5-15)25-13-12-20(18(25)27)10-8-14(9-11-20)17(26)21(22,23)24/h4-7,14,17,26H,8-13H2,1-3H3/t14?,17-,20?/m0/s1. The number of nitrogens with zero attached hydrogens (tertiary/aromatic N) is 1. The lowest BCUT2D eigenvalue weighted by atomic mass is 9.68. The molecular weight excluding hydrogens is 355 g/mol. The van der Waals surface area contributed by atoms with Gasteiger partial charge in [0.15, 0.2) is 6.10 Å². The van der Waals surface area contributed by atoms with Crippen LogP contribution in [0.25, 0.3) is 0 Å². The van der Waals surface area contributed by atoms with Crippen molar-refractivity contribution in [2.24, 2.45) is 11.3 Å². The number of aliphatic hydroxyl groups excluding tert-OH is 1. The van der Waals surface area contributed by atoms with E-state index in [0.717, 1.165) is 5.69 Å². The number of hydrogen-bond acceptors (Lipinski definition) is 2. The summed E-state index contributed by atoms with van der Waals surface area (Å²) in [4.78, 5) is 14.9. The second-order valence-corrected chi connectivity index (χ2v) is 9.11. The number of carbonyl (C=O) groups excluding carboxylic acids is 1. The highest BCUT2D eigenvalue weighted by molar-refractivity contribution is 6.00. The zero-order valence-electron chi connectivity index (χ0n) is 16.1. The van der Waals surface area contributed by atoms with E-state index in [2.05, 4.69) is 20.8 Å². The quantitative estimate of drug-likeness (QED) is 0.795. The van der Waals surface area contributed by atoms with Gasteiger partial charge >= 0.3 is 6.18 Å². The van der Waals surface area contributed by atoms with Gasteiger partial charge in [0.25, 0.3) is 0 Å². The molecule has 6 heteroatoms. The fraction of sp³-hybridized carbons (Fsp3) is 0.667. The normalized spacial score (nSPS) is 28.0. The molecule has 1 saturated heterocycles. The third-order valence-electron chi connectivity index (χ3n) is 6.33. The van der Waals surface area contributed by atoms with Crippen molar-refractivity contribution in [1.29, 1.82) is 0 Å². The monoisotopic (exact) mass is 383 g/mol. The summed E-state index contributed by atoms with van der Waals surface area (Å²) in [7, 11) is 0. The average Bonchev–Trinajstić information content (AvgIpc) is 2.90. The van der Waals surface area contributed by atoms with Gasteiger partial charge in [0, 0.05) is 12.2 Å². The van der Waals surface area contributed by atoms with Crippen molar-refractivity contribution in [3.05, 3.63) is 29.8 Å². The third-order valence-corrected chi connectivity index (χ3v) is 6.33. The van der Waals surface area contributed by atoms with Crippen LogP contribution >= 0.6 is 0 Å². The molecule has 1 N–H and O–H groups in total. The lowest BCUT2D eigenvalue weighted by Gasteiger charge is -2.37. The van der Waals surface area contributed by atoms with Gasteiger partial charge in [-0.2, -0.15) is 13.2 Å². The Kier molecular flexibility index (Phi) is 5.08. The summed E-state index contributed by atoms with van der Waals surface area (Å²) in [5, 5.41) is 9.51. The largest absolute Gasteiger partial charge is 0.414 e. The molecule has 0 bridgehead atoms. The maximum Gasteiger partial charge on any atom is 0.414 e. The first kappa shape index (κ1) is 20.2. The fourth-order valence-corrected chi connectivity index (χ4v) is 4.45. The van der Waals surface area contributed by atoms with Gasteiger partial charge in [-0.15, -0.1) is 0 Å². The van der Waals surface area contributed by atoms with E-state index in [1.54, 1.807) is 4.90 Å². The predicted octanol–water partition coefficient (Wildman–Crippen LogP) is 4.82. The van der Waals surface area contributed by atoms with E-state index in [1.807, 2.05) is 24.3 Å². The van der Waals surface area contributed by atoms with E-state index in [-0.39, 0.29) is 24.2 Å². The molecule has 1 heterocycles. The molecule has 1 aromatic rings. The number of hydrogen-bond donors (Lipinski definition) is 1. The van der Waals surface area contributed by atoms with E-state index in [4.69, 9.17) is 0 Å². The van der Waals surface area contributed by atoms with Crippen LogP contribution in [0.3, 0.4) is 0 Å². The first-order chi connectivity index (χ1) is 12.4. The number of rotatable bonds is 2. The van der Waals surface area contributed by atoms with Crippen molar-refractivity contribution >= 4 is 11.6 Å². The Bertz CT molecular complexity index is 683. The Morgan fingerprint density at radius 2 is 1.63 bits per heavy atom. The predicted molar refractivity (Wildman–Crippen MR) is 98.6 cm³/mol. The number of benzene rings is 1. The molecule has 1 atom stereocenters. The van der Waals surface area contributed by atoms with Crippen molar-refractivity contribution in [3.8, 4) is 0 Å². The molecule has 3 nitrogen and oxygen atoms in total. The van der Waals surface area contributed by atoms with Gasteiger partial charge in [0.05, 0.1) is 5.41 Å². The molecule has 1 aliphatic heterocycles. The van der Waals surface area contributed by atoms with Gasteiger partial charge < -0.3 is 10.0 Å². The van der Waals surface area contributed by atoms with Gasteiger partial charge in [-0.25, -0.2) is 0 Å². The van der Waals surface area contributed by atoms with Crippen LogP contribution in [-0.4, -0.2) is 29.8 Å². The molecule has 1 aromatic carbocycles. The van der Waals surface area contributed by atoms with Crippen molar-refractivity contribution < 1.29 is 23.1 Å². The number of aliphatic hydroxyl groups is 1. The van der Waals surface area contributed by atoms with Crippen LogP contribution in [0, 0.1) is 11.3 Å². The SMILES string of the molecule is CC(C)(C)c1ccc(N2CCC3(CCC([C@H](O)C(F)(F)F)CC3)C2=O)cc1. The molecule has 3 rings (SSSR count). The third kappa shape index (κ3) is 3.86. The average molecular weight is 383 g/mol. The van der Waals surface area contributed by atoms with Gasteiger partial charge in [-0.05, 0) is 61.1 Å². The van der Waals surface area contributed by atoms with Gasteiger partial charge in [0.1, 0.15) is 0 Å². The molecule has 1 aliphatic carbocycles. The molecule has 1 amide bonds. The smallest absolute Gasteiger partial charge is 0.383 e. The maximum atomic E-state index is 13.1. The highest BCUT2D eigenvalue weighted by Gasteiger charge is 2.52. The summed E-state index contributed by atoms with van der Waals surface area (Å²) in [5.41, 5.74) is 1.51. The lowest BCUT2D eigenvalue weighted by Crippen LogP contribution is -2.42. The van der Waals surface area contributed by atoms with Crippen molar-refractivity contribution in [1.82, 2.24) is 0 Å². The van der Waals surface area contributed by atoms with E-state index >= 15 is 0 Å². The zero-order valence-corrected chi connectivity index (χ0v) is 16.1. The van der Waals surface area contributed by atoms with Crippen LogP contribution in [0.1, 0.15) is 58.4 Å². The molecular formula is C21H28F3NO2. The van der Waals surface area contributed by atoms with Crippen molar-refractivity contribution in [2.45, 2.75) is 70.6 Å². The number of alkyl halides is 3. The van der Waals surface area contributed by atoms with Crippen LogP contribution in [0.15, 0.2) is 24.3 Å².